The number of carbonyl (C=O) groups is 1. The lowest BCUT2D eigenvalue weighted by Gasteiger charge is -2.26. The number of nitrogens with zero attached hydrogens (tertiary/aromatic N) is 5. The zero-order chi connectivity index (χ0) is 30.7. The molecular weight excluding hydrogens is 557 g/mol. The highest BCUT2D eigenvalue weighted by atomic mass is 19.1. The maximum absolute atomic E-state index is 14.4. The van der Waals surface area contributed by atoms with E-state index in [2.05, 4.69) is 48.6 Å². The average molecular weight is 592 g/mol. The van der Waals surface area contributed by atoms with Crippen molar-refractivity contribution in [2.24, 2.45) is 5.41 Å². The number of aryl methyl sites for hydroxylation is 1. The van der Waals surface area contributed by atoms with Gasteiger partial charge in [0.25, 0.3) is 0 Å². The average Bonchev–Trinajstić information content (AvgIpc) is 3.64. The summed E-state index contributed by atoms with van der Waals surface area (Å²) in [4.78, 5) is 24.6. The fourth-order valence-corrected chi connectivity index (χ4v) is 6.53. The standard InChI is InChI=1S/C34H34FN7O2/c1-23-13-24(16-36)3-6-27(23)28-15-26(35)5-8-31(28)44-32-17-38-21-39-33(32)42-12-10-34(20-42)9-11-41(19-34)18-25-4-7-29(40-22-43)30(14-25)37-2/h3-8,13-15,17,21-22,37H,9-12,18-20H2,1-2H3,(H,40,43). The number of hydrogen-bond acceptors (Lipinski definition) is 8. The second-order valence-corrected chi connectivity index (χ2v) is 11.6. The fourth-order valence-electron chi connectivity index (χ4n) is 6.53. The second-order valence-electron chi connectivity index (χ2n) is 11.6. The number of anilines is 3. The summed E-state index contributed by atoms with van der Waals surface area (Å²) in [5.41, 5.74) is 5.78. The third-order valence-electron chi connectivity index (χ3n) is 8.70. The summed E-state index contributed by atoms with van der Waals surface area (Å²) in [7, 11) is 1.85. The van der Waals surface area contributed by atoms with Gasteiger partial charge >= 0.3 is 0 Å². The first-order chi connectivity index (χ1) is 21.4. The first-order valence-corrected chi connectivity index (χ1v) is 14.7. The predicted molar refractivity (Wildman–Crippen MR) is 168 cm³/mol. The van der Waals surface area contributed by atoms with Gasteiger partial charge in [-0.05, 0) is 85.5 Å². The van der Waals surface area contributed by atoms with Gasteiger partial charge in [-0.15, -0.1) is 0 Å². The van der Waals surface area contributed by atoms with Crippen LogP contribution < -0.4 is 20.3 Å². The molecule has 0 radical (unpaired) electrons. The molecule has 224 valence electrons. The maximum Gasteiger partial charge on any atom is 0.211 e. The number of rotatable bonds is 9. The van der Waals surface area contributed by atoms with E-state index in [1.807, 2.05) is 26.1 Å². The summed E-state index contributed by atoms with van der Waals surface area (Å²) in [5.74, 6) is 1.36. The molecule has 3 heterocycles. The highest BCUT2D eigenvalue weighted by Gasteiger charge is 2.44. The number of ether oxygens (including phenoxy) is 1. The molecule has 2 fully saturated rings. The van der Waals surface area contributed by atoms with Crippen LogP contribution in [-0.2, 0) is 11.3 Å². The van der Waals surface area contributed by atoms with Crippen molar-refractivity contribution in [3.63, 3.8) is 0 Å². The summed E-state index contributed by atoms with van der Waals surface area (Å²) in [5, 5.41) is 15.2. The van der Waals surface area contributed by atoms with Crippen LogP contribution in [0.3, 0.4) is 0 Å². The summed E-state index contributed by atoms with van der Waals surface area (Å²) in [6.07, 6.45) is 6.02. The minimum atomic E-state index is -0.372. The molecule has 0 saturated carbocycles. The molecule has 2 saturated heterocycles. The van der Waals surface area contributed by atoms with Crippen molar-refractivity contribution < 1.29 is 13.9 Å². The Morgan fingerprint density at radius 3 is 2.70 bits per heavy atom. The van der Waals surface area contributed by atoms with Crippen LogP contribution in [0.15, 0.2) is 67.1 Å². The molecule has 3 aromatic carbocycles. The summed E-state index contributed by atoms with van der Waals surface area (Å²) in [6.45, 7) is 6.42. The molecular formula is C34H34FN7O2. The Morgan fingerprint density at radius 1 is 1.05 bits per heavy atom. The van der Waals surface area contributed by atoms with Gasteiger partial charge < -0.3 is 20.3 Å². The monoisotopic (exact) mass is 591 g/mol. The van der Waals surface area contributed by atoms with Gasteiger partial charge in [0, 0.05) is 44.2 Å². The maximum atomic E-state index is 14.4. The van der Waals surface area contributed by atoms with Crippen molar-refractivity contribution in [2.45, 2.75) is 26.3 Å². The molecule has 2 aliphatic rings. The Hall–Kier alpha value is -5.01. The van der Waals surface area contributed by atoms with Gasteiger partial charge in [-0.25, -0.2) is 14.4 Å². The molecule has 2 N–H and O–H groups in total. The van der Waals surface area contributed by atoms with E-state index in [0.29, 0.717) is 29.0 Å². The first kappa shape index (κ1) is 29.1. The number of halogens is 1. The van der Waals surface area contributed by atoms with Crippen molar-refractivity contribution in [1.82, 2.24) is 14.9 Å². The number of benzene rings is 3. The van der Waals surface area contributed by atoms with Crippen LogP contribution in [0, 0.1) is 29.5 Å². The van der Waals surface area contributed by atoms with E-state index in [0.717, 1.165) is 73.9 Å². The normalized spacial score (nSPS) is 17.9. The largest absolute Gasteiger partial charge is 0.451 e. The minimum Gasteiger partial charge on any atom is -0.451 e. The Bertz CT molecular complexity index is 1740. The van der Waals surface area contributed by atoms with Crippen LogP contribution in [-0.4, -0.2) is 54.5 Å². The van der Waals surface area contributed by atoms with E-state index in [9.17, 15) is 14.4 Å². The SMILES string of the molecule is CNc1cc(CN2CCC3(CCN(c4ncncc4Oc4ccc(F)cc4-c4ccc(C#N)cc4C)C3)C2)ccc1NC=O. The summed E-state index contributed by atoms with van der Waals surface area (Å²) in [6, 6.07) is 18.0. The van der Waals surface area contributed by atoms with Crippen LogP contribution in [0.2, 0.25) is 0 Å². The lowest BCUT2D eigenvalue weighted by atomic mass is 9.86. The van der Waals surface area contributed by atoms with E-state index in [-0.39, 0.29) is 11.2 Å². The zero-order valence-corrected chi connectivity index (χ0v) is 24.8. The fraction of sp³-hybridized carbons (Fsp3) is 0.294. The van der Waals surface area contributed by atoms with Gasteiger partial charge in [0.15, 0.2) is 11.6 Å². The zero-order valence-electron chi connectivity index (χ0n) is 24.8. The van der Waals surface area contributed by atoms with Crippen molar-refractivity contribution in [2.75, 3.05) is 48.8 Å². The topological polar surface area (TPSA) is 106 Å². The van der Waals surface area contributed by atoms with Gasteiger partial charge in [-0.1, -0.05) is 12.1 Å². The predicted octanol–water partition coefficient (Wildman–Crippen LogP) is 5.97. The molecule has 1 amide bonds. The Kier molecular flexibility index (Phi) is 8.13. The molecule has 44 heavy (non-hydrogen) atoms. The molecule has 1 aromatic heterocycles. The first-order valence-electron chi connectivity index (χ1n) is 14.7. The van der Waals surface area contributed by atoms with E-state index >= 15 is 0 Å². The number of carbonyl (C=O) groups excluding carboxylic acids is 1. The molecule has 0 bridgehead atoms. The van der Waals surface area contributed by atoms with Gasteiger partial charge in [-0.3, -0.25) is 9.69 Å². The van der Waals surface area contributed by atoms with E-state index in [1.165, 1.54) is 24.0 Å². The van der Waals surface area contributed by atoms with E-state index in [4.69, 9.17) is 4.74 Å². The lowest BCUT2D eigenvalue weighted by Crippen LogP contribution is -2.31. The van der Waals surface area contributed by atoms with E-state index in [1.54, 1.807) is 24.4 Å². The van der Waals surface area contributed by atoms with Gasteiger partial charge in [0.2, 0.25) is 6.41 Å². The van der Waals surface area contributed by atoms with Crippen molar-refractivity contribution in [3.05, 3.63) is 89.6 Å². The third kappa shape index (κ3) is 5.92. The minimum absolute atomic E-state index is 0.147. The molecule has 0 aliphatic carbocycles. The molecule has 10 heteroatoms. The molecule has 1 spiro atoms. The van der Waals surface area contributed by atoms with Gasteiger partial charge in [0.05, 0.1) is 29.2 Å². The lowest BCUT2D eigenvalue weighted by molar-refractivity contribution is -0.105. The molecule has 2 aliphatic heterocycles. The van der Waals surface area contributed by atoms with Crippen LogP contribution in [0.25, 0.3) is 11.1 Å². The summed E-state index contributed by atoms with van der Waals surface area (Å²) >= 11 is 0. The number of amides is 1. The molecule has 4 aromatic rings. The quantitative estimate of drug-likeness (QED) is 0.230. The third-order valence-corrected chi connectivity index (χ3v) is 8.70. The van der Waals surface area contributed by atoms with Crippen LogP contribution in [0.1, 0.15) is 29.5 Å². The van der Waals surface area contributed by atoms with Crippen LogP contribution in [0.5, 0.6) is 11.5 Å². The molecule has 1 unspecified atom stereocenters. The van der Waals surface area contributed by atoms with Crippen LogP contribution >= 0.6 is 0 Å². The highest BCUT2D eigenvalue weighted by molar-refractivity contribution is 5.81. The van der Waals surface area contributed by atoms with Gasteiger partial charge in [-0.2, -0.15) is 5.26 Å². The number of nitriles is 1. The van der Waals surface area contributed by atoms with Crippen molar-refractivity contribution >= 4 is 23.6 Å². The number of aromatic nitrogens is 2. The molecule has 6 rings (SSSR count). The second kappa shape index (κ2) is 12.3. The molecule has 1 atom stereocenters. The van der Waals surface area contributed by atoms with E-state index < -0.39 is 0 Å². The van der Waals surface area contributed by atoms with Crippen LogP contribution in [0.4, 0.5) is 21.6 Å². The summed E-state index contributed by atoms with van der Waals surface area (Å²) < 4.78 is 20.9. The molecule has 9 nitrogen and oxygen atoms in total. The number of hydrogen-bond donors (Lipinski definition) is 2. The van der Waals surface area contributed by atoms with Gasteiger partial charge in [0.1, 0.15) is 17.9 Å². The van der Waals surface area contributed by atoms with Crippen molar-refractivity contribution in [1.29, 1.82) is 5.26 Å². The highest BCUT2D eigenvalue weighted by Crippen LogP contribution is 2.44. The Morgan fingerprint density at radius 2 is 1.91 bits per heavy atom. The Balaban J connectivity index is 1.18. The Labute approximate surface area is 256 Å². The van der Waals surface area contributed by atoms with Crippen molar-refractivity contribution in [3.8, 4) is 28.7 Å². The number of likely N-dealkylation sites (tertiary alicyclic amines) is 1. The number of nitrogens with one attached hydrogen (secondary N) is 2. The smallest absolute Gasteiger partial charge is 0.211 e.